The van der Waals surface area contributed by atoms with Crippen LogP contribution in [0, 0.1) is 19.8 Å². The Kier molecular flexibility index (Phi) is 7.72. The second kappa shape index (κ2) is 9.78. The highest BCUT2D eigenvalue weighted by atomic mass is 16.5. The summed E-state index contributed by atoms with van der Waals surface area (Å²) in [6.45, 7) is 9.29. The maximum absolute atomic E-state index is 12.1. The third-order valence-corrected chi connectivity index (χ3v) is 4.67. The van der Waals surface area contributed by atoms with E-state index in [4.69, 9.17) is 4.74 Å². The van der Waals surface area contributed by atoms with Gasteiger partial charge in [-0.25, -0.2) is 0 Å². The zero-order chi connectivity index (χ0) is 18.2. The topological polar surface area (TPSA) is 61.8 Å². The van der Waals surface area contributed by atoms with Gasteiger partial charge >= 0.3 is 0 Å². The maximum atomic E-state index is 12.1. The predicted molar refractivity (Wildman–Crippen MR) is 99.9 cm³/mol. The molecule has 0 aliphatic carbocycles. The fourth-order valence-electron chi connectivity index (χ4n) is 3.23. The summed E-state index contributed by atoms with van der Waals surface area (Å²) in [4.78, 5) is 14.3. The number of carbonyl (C=O) groups is 1. The summed E-state index contributed by atoms with van der Waals surface area (Å²) in [5, 5.41) is 13.3. The van der Waals surface area contributed by atoms with Gasteiger partial charge in [-0.05, 0) is 56.8 Å². The van der Waals surface area contributed by atoms with Gasteiger partial charge in [0.15, 0.2) is 0 Å². The van der Waals surface area contributed by atoms with E-state index < -0.39 is 6.10 Å². The number of carbonyl (C=O) groups excluding carboxylic acids is 1. The molecule has 2 atom stereocenters. The molecule has 1 amide bonds. The van der Waals surface area contributed by atoms with Crippen molar-refractivity contribution in [3.05, 3.63) is 29.3 Å². The number of ether oxygens (including phenoxy) is 1. The molecule has 1 aliphatic rings. The number of likely N-dealkylation sites (tertiary alicyclic amines) is 1. The van der Waals surface area contributed by atoms with Crippen LogP contribution in [0.15, 0.2) is 18.2 Å². The number of rotatable bonds is 8. The Labute approximate surface area is 151 Å². The molecule has 140 valence electrons. The fraction of sp³-hybridized carbons (Fsp3) is 0.650. The van der Waals surface area contributed by atoms with Crippen LogP contribution in [0.25, 0.3) is 0 Å². The molecule has 1 saturated heterocycles. The lowest BCUT2D eigenvalue weighted by molar-refractivity contribution is -0.126. The Hall–Kier alpha value is -1.59. The molecule has 0 spiro atoms. The first kappa shape index (κ1) is 19.7. The predicted octanol–water partition coefficient (Wildman–Crippen LogP) is 2.28. The first-order chi connectivity index (χ1) is 12.0. The number of benzene rings is 1. The standard InChI is InChI=1S/C20H32N2O3/c1-4-9-21-20(24)17-6-5-10-22(12-17)13-18(23)14-25-19-11-15(2)7-8-16(19)3/h7-8,11,17-18,23H,4-6,9-10,12-14H2,1-3H3,(H,21,24). The van der Waals surface area contributed by atoms with Crippen LogP contribution >= 0.6 is 0 Å². The number of nitrogens with one attached hydrogen (secondary N) is 1. The third-order valence-electron chi connectivity index (χ3n) is 4.67. The number of aryl methyl sites for hydroxylation is 2. The van der Waals surface area contributed by atoms with E-state index in [0.29, 0.717) is 6.54 Å². The SMILES string of the molecule is CCCNC(=O)C1CCCN(CC(O)COc2cc(C)ccc2C)C1. The van der Waals surface area contributed by atoms with E-state index in [1.54, 1.807) is 0 Å². The van der Waals surface area contributed by atoms with Crippen molar-refractivity contribution in [2.24, 2.45) is 5.92 Å². The molecular formula is C20H32N2O3. The molecule has 2 N–H and O–H groups in total. The monoisotopic (exact) mass is 348 g/mol. The number of hydrogen-bond donors (Lipinski definition) is 2. The molecular weight excluding hydrogens is 316 g/mol. The van der Waals surface area contributed by atoms with Crippen molar-refractivity contribution < 1.29 is 14.6 Å². The molecule has 1 fully saturated rings. The van der Waals surface area contributed by atoms with Crippen LogP contribution in [-0.2, 0) is 4.79 Å². The number of nitrogens with zero attached hydrogens (tertiary/aromatic N) is 1. The molecule has 1 aliphatic heterocycles. The van der Waals surface area contributed by atoms with Crippen molar-refractivity contribution >= 4 is 5.91 Å². The molecule has 5 heteroatoms. The minimum Gasteiger partial charge on any atom is -0.491 e. The highest BCUT2D eigenvalue weighted by Crippen LogP contribution is 2.20. The maximum Gasteiger partial charge on any atom is 0.224 e. The van der Waals surface area contributed by atoms with Crippen molar-refractivity contribution in [3.8, 4) is 5.75 Å². The molecule has 2 rings (SSSR count). The fourth-order valence-corrected chi connectivity index (χ4v) is 3.23. The minimum absolute atomic E-state index is 0.0347. The molecule has 25 heavy (non-hydrogen) atoms. The Morgan fingerprint density at radius 2 is 2.24 bits per heavy atom. The number of piperidine rings is 1. The van der Waals surface area contributed by atoms with Crippen LogP contribution in [-0.4, -0.2) is 54.8 Å². The molecule has 1 aromatic carbocycles. The Bertz CT molecular complexity index is 562. The zero-order valence-corrected chi connectivity index (χ0v) is 15.8. The van der Waals surface area contributed by atoms with Gasteiger partial charge in [-0.2, -0.15) is 0 Å². The molecule has 0 bridgehead atoms. The van der Waals surface area contributed by atoms with Gasteiger partial charge in [0.05, 0.1) is 5.92 Å². The summed E-state index contributed by atoms with van der Waals surface area (Å²) in [5.41, 5.74) is 2.22. The average Bonchev–Trinajstić information content (AvgIpc) is 2.60. The van der Waals surface area contributed by atoms with Crippen molar-refractivity contribution in [1.82, 2.24) is 10.2 Å². The summed E-state index contributed by atoms with van der Waals surface area (Å²) in [6, 6.07) is 6.08. The van der Waals surface area contributed by atoms with Gasteiger partial charge in [0.1, 0.15) is 18.5 Å². The summed E-state index contributed by atoms with van der Waals surface area (Å²) < 4.78 is 5.79. The first-order valence-corrected chi connectivity index (χ1v) is 9.37. The molecule has 5 nitrogen and oxygen atoms in total. The van der Waals surface area contributed by atoms with Crippen molar-refractivity contribution in [2.45, 2.75) is 46.1 Å². The first-order valence-electron chi connectivity index (χ1n) is 9.37. The van der Waals surface area contributed by atoms with Gasteiger partial charge in [0.2, 0.25) is 5.91 Å². The van der Waals surface area contributed by atoms with E-state index in [2.05, 4.69) is 23.2 Å². The molecule has 2 unspecified atom stereocenters. The summed E-state index contributed by atoms with van der Waals surface area (Å²) in [7, 11) is 0. The van der Waals surface area contributed by atoms with Crippen LogP contribution in [0.4, 0.5) is 0 Å². The van der Waals surface area contributed by atoms with Gasteiger partial charge in [-0.15, -0.1) is 0 Å². The van der Waals surface area contributed by atoms with E-state index in [9.17, 15) is 9.90 Å². The largest absolute Gasteiger partial charge is 0.491 e. The molecule has 1 heterocycles. The highest BCUT2D eigenvalue weighted by Gasteiger charge is 2.26. The molecule has 0 aromatic heterocycles. The summed E-state index contributed by atoms with van der Waals surface area (Å²) >= 11 is 0. The van der Waals surface area contributed by atoms with Crippen LogP contribution in [0.1, 0.15) is 37.3 Å². The van der Waals surface area contributed by atoms with Gasteiger partial charge in [0, 0.05) is 19.6 Å². The highest BCUT2D eigenvalue weighted by molar-refractivity contribution is 5.78. The number of aliphatic hydroxyl groups excluding tert-OH is 1. The van der Waals surface area contributed by atoms with E-state index in [0.717, 1.165) is 55.8 Å². The van der Waals surface area contributed by atoms with Gasteiger partial charge in [0.25, 0.3) is 0 Å². The number of β-amino-alcohol motifs (C(OH)–C–C–N with tert-alkyl or cyclic N) is 1. The van der Waals surface area contributed by atoms with Crippen LogP contribution in [0.3, 0.4) is 0 Å². The van der Waals surface area contributed by atoms with Crippen LogP contribution in [0.2, 0.25) is 0 Å². The lowest BCUT2D eigenvalue weighted by atomic mass is 9.97. The van der Waals surface area contributed by atoms with Gasteiger partial charge in [-0.1, -0.05) is 19.1 Å². The van der Waals surface area contributed by atoms with Gasteiger partial charge < -0.3 is 15.2 Å². The number of amides is 1. The molecule has 1 aromatic rings. The summed E-state index contributed by atoms with van der Waals surface area (Å²) in [5.74, 6) is 1.01. The molecule has 0 saturated carbocycles. The Balaban J connectivity index is 1.78. The van der Waals surface area contributed by atoms with Crippen molar-refractivity contribution in [2.75, 3.05) is 32.8 Å². The lowest BCUT2D eigenvalue weighted by Crippen LogP contribution is -2.46. The van der Waals surface area contributed by atoms with E-state index in [1.807, 2.05) is 26.0 Å². The van der Waals surface area contributed by atoms with E-state index in [-0.39, 0.29) is 18.4 Å². The minimum atomic E-state index is -0.558. The van der Waals surface area contributed by atoms with E-state index >= 15 is 0 Å². The Morgan fingerprint density at radius 3 is 3.00 bits per heavy atom. The normalized spacial score (nSPS) is 19.4. The van der Waals surface area contributed by atoms with Crippen molar-refractivity contribution in [1.29, 1.82) is 0 Å². The number of hydrogen-bond acceptors (Lipinski definition) is 4. The number of aliphatic hydroxyl groups is 1. The summed E-state index contributed by atoms with van der Waals surface area (Å²) in [6.07, 6.45) is 2.32. The van der Waals surface area contributed by atoms with Crippen LogP contribution in [0.5, 0.6) is 5.75 Å². The van der Waals surface area contributed by atoms with Crippen LogP contribution < -0.4 is 10.1 Å². The molecule has 0 radical (unpaired) electrons. The Morgan fingerprint density at radius 1 is 1.44 bits per heavy atom. The lowest BCUT2D eigenvalue weighted by Gasteiger charge is -2.33. The second-order valence-electron chi connectivity index (χ2n) is 7.12. The second-order valence-corrected chi connectivity index (χ2v) is 7.12. The quantitative estimate of drug-likeness (QED) is 0.757. The van der Waals surface area contributed by atoms with E-state index in [1.165, 1.54) is 0 Å². The van der Waals surface area contributed by atoms with Crippen molar-refractivity contribution in [3.63, 3.8) is 0 Å². The van der Waals surface area contributed by atoms with Gasteiger partial charge in [-0.3, -0.25) is 9.69 Å². The third kappa shape index (κ3) is 6.33. The zero-order valence-electron chi connectivity index (χ0n) is 15.8. The average molecular weight is 348 g/mol. The smallest absolute Gasteiger partial charge is 0.224 e.